The number of ether oxygens (including phenoxy) is 1. The molecule has 3 heterocycles. The number of anilines is 1. The highest BCUT2D eigenvalue weighted by Gasteiger charge is 2.19. The van der Waals surface area contributed by atoms with Crippen LogP contribution in [0, 0.1) is 5.82 Å². The molecule has 1 atom stereocenters. The van der Waals surface area contributed by atoms with Gasteiger partial charge in [0.25, 0.3) is 5.91 Å². The molecular formula is C25H31FN4O3. The van der Waals surface area contributed by atoms with Gasteiger partial charge in [-0.25, -0.2) is 19.7 Å². The molecule has 176 valence electrons. The van der Waals surface area contributed by atoms with Crippen molar-refractivity contribution in [3.63, 3.8) is 0 Å². The van der Waals surface area contributed by atoms with Crippen molar-refractivity contribution in [2.45, 2.75) is 51.0 Å². The number of hydrogen-bond donors (Lipinski definition) is 2. The minimum atomic E-state index is -0.363. The minimum Gasteiger partial charge on any atom is -0.367 e. The molecule has 4 rings (SSSR count). The largest absolute Gasteiger partial charge is 0.367 e. The number of benzene rings is 1. The zero-order valence-electron chi connectivity index (χ0n) is 18.7. The van der Waals surface area contributed by atoms with E-state index in [1.54, 1.807) is 12.3 Å². The molecule has 2 aromatic rings. The molecule has 2 fully saturated rings. The standard InChI is InChI=1S/C25H31FN4O3/c26-21-8-4-20(5-9-21)18-30-14-12-22(13-15-30)28-23-10-6-19(17-27-23)7-11-24(31)29-33-25-3-1-2-16-32-25/h4-11,17,22,25H,1-3,12-16,18H2,(H,27,28)(H,29,31)/b11-7+. The monoisotopic (exact) mass is 454 g/mol. The second kappa shape index (κ2) is 11.9. The van der Waals surface area contributed by atoms with Gasteiger partial charge in [0.15, 0.2) is 6.29 Å². The molecule has 33 heavy (non-hydrogen) atoms. The molecule has 7 nitrogen and oxygen atoms in total. The lowest BCUT2D eigenvalue weighted by Crippen LogP contribution is -2.38. The van der Waals surface area contributed by atoms with E-state index in [1.807, 2.05) is 24.3 Å². The van der Waals surface area contributed by atoms with Crippen molar-refractivity contribution in [1.29, 1.82) is 0 Å². The van der Waals surface area contributed by atoms with Crippen molar-refractivity contribution in [1.82, 2.24) is 15.4 Å². The summed E-state index contributed by atoms with van der Waals surface area (Å²) < 4.78 is 18.5. The van der Waals surface area contributed by atoms with Crippen LogP contribution in [0.3, 0.4) is 0 Å². The lowest BCUT2D eigenvalue weighted by atomic mass is 10.0. The highest BCUT2D eigenvalue weighted by molar-refractivity contribution is 5.90. The van der Waals surface area contributed by atoms with Gasteiger partial charge in [-0.05, 0) is 67.2 Å². The number of piperidine rings is 1. The quantitative estimate of drug-likeness (QED) is 0.466. The fraction of sp³-hybridized carbons (Fsp3) is 0.440. The van der Waals surface area contributed by atoms with E-state index in [0.29, 0.717) is 12.6 Å². The molecule has 2 aliphatic heterocycles. The molecule has 1 amide bonds. The lowest BCUT2D eigenvalue weighted by Gasteiger charge is -2.32. The smallest absolute Gasteiger partial charge is 0.267 e. The SMILES string of the molecule is O=C(/C=C/c1ccc(NC2CCN(Cc3ccc(F)cc3)CC2)nc1)NOC1CCCCO1. The van der Waals surface area contributed by atoms with E-state index in [-0.39, 0.29) is 18.0 Å². The third-order valence-electron chi connectivity index (χ3n) is 5.90. The highest BCUT2D eigenvalue weighted by Crippen LogP contribution is 2.18. The molecule has 1 aromatic carbocycles. The van der Waals surface area contributed by atoms with Crippen LogP contribution in [0.25, 0.3) is 6.08 Å². The molecule has 0 bridgehead atoms. The summed E-state index contributed by atoms with van der Waals surface area (Å²) in [6.07, 6.45) is 9.40. The number of amides is 1. The number of pyridine rings is 1. The summed E-state index contributed by atoms with van der Waals surface area (Å²) in [6.45, 7) is 3.48. The van der Waals surface area contributed by atoms with Crippen LogP contribution in [-0.4, -0.2) is 47.8 Å². The van der Waals surface area contributed by atoms with Crippen molar-refractivity contribution in [2.24, 2.45) is 0 Å². The number of nitrogens with zero attached hydrogens (tertiary/aromatic N) is 2. The first kappa shape index (κ1) is 23.4. The predicted octanol–water partition coefficient (Wildman–Crippen LogP) is 3.88. The number of carbonyl (C=O) groups excluding carboxylic acids is 1. The third-order valence-corrected chi connectivity index (χ3v) is 5.90. The molecule has 1 unspecified atom stereocenters. The van der Waals surface area contributed by atoms with E-state index in [1.165, 1.54) is 18.2 Å². The Morgan fingerprint density at radius 2 is 1.97 bits per heavy atom. The van der Waals surface area contributed by atoms with E-state index in [2.05, 4.69) is 20.7 Å². The van der Waals surface area contributed by atoms with Crippen LogP contribution in [0.4, 0.5) is 10.2 Å². The molecule has 0 radical (unpaired) electrons. The number of likely N-dealkylation sites (tertiary alicyclic amines) is 1. The molecule has 0 spiro atoms. The van der Waals surface area contributed by atoms with Gasteiger partial charge in [0.1, 0.15) is 11.6 Å². The Morgan fingerprint density at radius 3 is 2.67 bits per heavy atom. The van der Waals surface area contributed by atoms with Gasteiger partial charge in [-0.3, -0.25) is 9.69 Å². The Bertz CT molecular complexity index is 906. The molecule has 0 aliphatic carbocycles. The molecular weight excluding hydrogens is 423 g/mol. The first-order chi connectivity index (χ1) is 16.1. The Kier molecular flexibility index (Phi) is 8.41. The van der Waals surface area contributed by atoms with Crippen LogP contribution in [0.1, 0.15) is 43.2 Å². The molecule has 2 saturated heterocycles. The van der Waals surface area contributed by atoms with Crippen molar-refractivity contribution in [2.75, 3.05) is 25.0 Å². The summed E-state index contributed by atoms with van der Waals surface area (Å²) in [5, 5.41) is 3.50. The van der Waals surface area contributed by atoms with Crippen LogP contribution in [-0.2, 0) is 20.9 Å². The van der Waals surface area contributed by atoms with E-state index in [4.69, 9.17) is 9.57 Å². The maximum atomic E-state index is 13.1. The number of rotatable bonds is 8. The average molecular weight is 455 g/mol. The van der Waals surface area contributed by atoms with Gasteiger partial charge in [-0.1, -0.05) is 12.1 Å². The van der Waals surface area contributed by atoms with Crippen molar-refractivity contribution in [3.8, 4) is 0 Å². The van der Waals surface area contributed by atoms with Gasteiger partial charge in [0.05, 0.1) is 0 Å². The molecule has 2 N–H and O–H groups in total. The lowest BCUT2D eigenvalue weighted by molar-refractivity contribution is -0.198. The first-order valence-electron chi connectivity index (χ1n) is 11.6. The van der Waals surface area contributed by atoms with Gasteiger partial charge in [-0.2, -0.15) is 0 Å². The Labute approximate surface area is 193 Å². The van der Waals surface area contributed by atoms with Gasteiger partial charge in [-0.15, -0.1) is 0 Å². The number of hydroxylamine groups is 1. The van der Waals surface area contributed by atoms with Crippen molar-refractivity contribution in [3.05, 3.63) is 65.6 Å². The van der Waals surface area contributed by atoms with Gasteiger partial charge in [0, 0.05) is 51.0 Å². The van der Waals surface area contributed by atoms with E-state index < -0.39 is 0 Å². The van der Waals surface area contributed by atoms with E-state index in [0.717, 1.165) is 68.7 Å². The number of nitrogens with one attached hydrogen (secondary N) is 2. The van der Waals surface area contributed by atoms with Crippen LogP contribution in [0.5, 0.6) is 0 Å². The number of carbonyl (C=O) groups is 1. The predicted molar refractivity (Wildman–Crippen MR) is 124 cm³/mol. The fourth-order valence-electron chi connectivity index (χ4n) is 4.02. The summed E-state index contributed by atoms with van der Waals surface area (Å²) in [5.74, 6) is 0.294. The van der Waals surface area contributed by atoms with Crippen LogP contribution < -0.4 is 10.8 Å². The Balaban J connectivity index is 1.17. The summed E-state index contributed by atoms with van der Waals surface area (Å²) >= 11 is 0. The van der Waals surface area contributed by atoms with E-state index >= 15 is 0 Å². The highest BCUT2D eigenvalue weighted by atomic mass is 19.1. The normalized spacial score (nSPS) is 20.1. The van der Waals surface area contributed by atoms with Crippen molar-refractivity contribution >= 4 is 17.8 Å². The summed E-state index contributed by atoms with van der Waals surface area (Å²) in [4.78, 5) is 24.0. The first-order valence-corrected chi connectivity index (χ1v) is 11.6. The van der Waals surface area contributed by atoms with Gasteiger partial charge >= 0.3 is 0 Å². The van der Waals surface area contributed by atoms with Crippen LogP contribution >= 0.6 is 0 Å². The fourth-order valence-corrected chi connectivity index (χ4v) is 4.02. The average Bonchev–Trinajstić information content (AvgIpc) is 2.85. The maximum absolute atomic E-state index is 13.1. The number of hydrogen-bond acceptors (Lipinski definition) is 6. The summed E-state index contributed by atoms with van der Waals surface area (Å²) in [5.41, 5.74) is 4.37. The second-order valence-electron chi connectivity index (χ2n) is 8.51. The van der Waals surface area contributed by atoms with Crippen LogP contribution in [0.2, 0.25) is 0 Å². The Morgan fingerprint density at radius 1 is 1.15 bits per heavy atom. The number of halogens is 1. The second-order valence-corrected chi connectivity index (χ2v) is 8.51. The minimum absolute atomic E-state index is 0.197. The van der Waals surface area contributed by atoms with E-state index in [9.17, 15) is 9.18 Å². The Hall–Kier alpha value is -2.81. The van der Waals surface area contributed by atoms with Gasteiger partial charge in [0.2, 0.25) is 0 Å². The molecule has 0 saturated carbocycles. The molecule has 1 aromatic heterocycles. The topological polar surface area (TPSA) is 75.7 Å². The summed E-state index contributed by atoms with van der Waals surface area (Å²) in [6, 6.07) is 10.9. The zero-order valence-corrected chi connectivity index (χ0v) is 18.7. The van der Waals surface area contributed by atoms with Gasteiger partial charge < -0.3 is 10.1 Å². The molecule has 8 heteroatoms. The van der Waals surface area contributed by atoms with Crippen LogP contribution in [0.15, 0.2) is 48.7 Å². The third kappa shape index (κ3) is 7.63. The maximum Gasteiger partial charge on any atom is 0.267 e. The molecule has 2 aliphatic rings. The van der Waals surface area contributed by atoms with Crippen molar-refractivity contribution < 1.29 is 18.8 Å². The zero-order chi connectivity index (χ0) is 22.9. The number of aromatic nitrogens is 1. The summed E-state index contributed by atoms with van der Waals surface area (Å²) in [7, 11) is 0.